The minimum absolute atomic E-state index is 0.172. The van der Waals surface area contributed by atoms with Gasteiger partial charge in [-0.05, 0) is 26.1 Å². The normalized spacial score (nSPS) is 11.7. The number of pyridine rings is 1. The van der Waals surface area contributed by atoms with E-state index in [1.807, 2.05) is 13.1 Å². The van der Waals surface area contributed by atoms with Gasteiger partial charge >= 0.3 is 0 Å². The zero-order chi connectivity index (χ0) is 13.4. The van der Waals surface area contributed by atoms with Crippen LogP contribution < -0.4 is 15.4 Å². The fourth-order valence-corrected chi connectivity index (χ4v) is 1.34. The molecule has 98 valence electrons. The maximum absolute atomic E-state index is 11.6. The molecule has 0 saturated carbocycles. The van der Waals surface area contributed by atoms with Gasteiger partial charge in [0.15, 0.2) is 6.10 Å². The van der Waals surface area contributed by atoms with E-state index in [-0.39, 0.29) is 5.91 Å². The first-order chi connectivity index (χ1) is 8.67. The standard InChI is InChI=1S/C13H19N3O2/c1-4-7-15-13(17)10(2)18-12-6-5-11(8-14-3)16-9-12/h4-6,9-10,14H,1,7-8H2,2-3H3,(H,15,17). The predicted octanol–water partition coefficient (Wildman–Crippen LogP) is 0.870. The van der Waals surface area contributed by atoms with Crippen molar-refractivity contribution in [1.29, 1.82) is 0 Å². The highest BCUT2D eigenvalue weighted by atomic mass is 16.5. The Labute approximate surface area is 107 Å². The lowest BCUT2D eigenvalue weighted by Crippen LogP contribution is -2.36. The van der Waals surface area contributed by atoms with Gasteiger partial charge in [-0.1, -0.05) is 6.08 Å². The maximum atomic E-state index is 11.6. The van der Waals surface area contributed by atoms with Crippen molar-refractivity contribution in [1.82, 2.24) is 15.6 Å². The van der Waals surface area contributed by atoms with E-state index >= 15 is 0 Å². The molecule has 1 unspecified atom stereocenters. The molecule has 0 spiro atoms. The number of nitrogens with one attached hydrogen (secondary N) is 2. The molecule has 0 saturated heterocycles. The topological polar surface area (TPSA) is 63.2 Å². The molecule has 0 aliphatic carbocycles. The van der Waals surface area contributed by atoms with Crippen molar-refractivity contribution >= 4 is 5.91 Å². The Hall–Kier alpha value is -1.88. The Balaban J connectivity index is 2.50. The molecule has 1 aromatic rings. The SMILES string of the molecule is C=CCNC(=O)C(C)Oc1ccc(CNC)nc1. The van der Waals surface area contributed by atoms with Gasteiger partial charge in [0, 0.05) is 13.1 Å². The summed E-state index contributed by atoms with van der Waals surface area (Å²) >= 11 is 0. The highest BCUT2D eigenvalue weighted by Crippen LogP contribution is 2.11. The number of rotatable bonds is 7. The molecule has 1 rings (SSSR count). The maximum Gasteiger partial charge on any atom is 0.261 e. The number of hydrogen-bond donors (Lipinski definition) is 2. The third kappa shape index (κ3) is 4.55. The summed E-state index contributed by atoms with van der Waals surface area (Å²) in [5.41, 5.74) is 0.925. The molecule has 0 radical (unpaired) electrons. The Morgan fingerprint density at radius 2 is 2.39 bits per heavy atom. The molecule has 0 aliphatic rings. The molecule has 5 nitrogen and oxygen atoms in total. The molecular formula is C13H19N3O2. The first kappa shape index (κ1) is 14.2. The van der Waals surface area contributed by atoms with Crippen molar-refractivity contribution < 1.29 is 9.53 Å². The van der Waals surface area contributed by atoms with Gasteiger partial charge in [-0.15, -0.1) is 6.58 Å². The van der Waals surface area contributed by atoms with Gasteiger partial charge in [0.2, 0.25) is 0 Å². The molecular weight excluding hydrogens is 230 g/mol. The molecule has 0 aromatic carbocycles. The zero-order valence-electron chi connectivity index (χ0n) is 10.8. The van der Waals surface area contributed by atoms with Crippen molar-refractivity contribution in [2.75, 3.05) is 13.6 Å². The van der Waals surface area contributed by atoms with Crippen LogP contribution in [0.2, 0.25) is 0 Å². The van der Waals surface area contributed by atoms with Crippen LogP contribution in [0.3, 0.4) is 0 Å². The van der Waals surface area contributed by atoms with Crippen LogP contribution in [0.1, 0.15) is 12.6 Å². The van der Waals surface area contributed by atoms with E-state index in [2.05, 4.69) is 22.2 Å². The summed E-state index contributed by atoms with van der Waals surface area (Å²) < 4.78 is 5.48. The van der Waals surface area contributed by atoms with Crippen molar-refractivity contribution in [2.24, 2.45) is 0 Å². The van der Waals surface area contributed by atoms with Crippen molar-refractivity contribution in [2.45, 2.75) is 19.6 Å². The lowest BCUT2D eigenvalue weighted by atomic mass is 10.3. The zero-order valence-corrected chi connectivity index (χ0v) is 10.8. The fraction of sp³-hybridized carbons (Fsp3) is 0.385. The third-order valence-corrected chi connectivity index (χ3v) is 2.26. The second-order valence-corrected chi connectivity index (χ2v) is 3.81. The number of nitrogens with zero attached hydrogens (tertiary/aromatic N) is 1. The Kier molecular flexibility index (Phi) is 5.87. The number of carbonyl (C=O) groups excluding carboxylic acids is 1. The molecule has 1 atom stereocenters. The Bertz CT molecular complexity index is 390. The van der Waals surface area contributed by atoms with E-state index < -0.39 is 6.10 Å². The van der Waals surface area contributed by atoms with Gasteiger partial charge in [0.05, 0.1) is 11.9 Å². The number of amides is 1. The molecule has 18 heavy (non-hydrogen) atoms. The molecule has 1 heterocycles. The minimum Gasteiger partial charge on any atom is -0.479 e. The van der Waals surface area contributed by atoms with E-state index in [0.29, 0.717) is 18.8 Å². The summed E-state index contributed by atoms with van der Waals surface area (Å²) in [6, 6.07) is 3.66. The Morgan fingerprint density at radius 3 is 2.94 bits per heavy atom. The summed E-state index contributed by atoms with van der Waals surface area (Å²) in [5, 5.41) is 5.68. The van der Waals surface area contributed by atoms with Gasteiger partial charge in [0.25, 0.3) is 5.91 Å². The largest absolute Gasteiger partial charge is 0.479 e. The Morgan fingerprint density at radius 1 is 1.61 bits per heavy atom. The highest BCUT2D eigenvalue weighted by Gasteiger charge is 2.13. The number of ether oxygens (including phenoxy) is 1. The van der Waals surface area contributed by atoms with Crippen LogP contribution in [0, 0.1) is 0 Å². The fourth-order valence-electron chi connectivity index (χ4n) is 1.34. The van der Waals surface area contributed by atoms with Gasteiger partial charge in [-0.2, -0.15) is 0 Å². The van der Waals surface area contributed by atoms with E-state index in [4.69, 9.17) is 4.74 Å². The molecule has 1 amide bonds. The van der Waals surface area contributed by atoms with E-state index in [1.54, 1.807) is 25.3 Å². The quantitative estimate of drug-likeness (QED) is 0.704. The molecule has 2 N–H and O–H groups in total. The van der Waals surface area contributed by atoms with Crippen LogP contribution >= 0.6 is 0 Å². The van der Waals surface area contributed by atoms with Gasteiger partial charge in [-0.25, -0.2) is 0 Å². The number of aromatic nitrogens is 1. The summed E-state index contributed by atoms with van der Waals surface area (Å²) in [7, 11) is 1.86. The van der Waals surface area contributed by atoms with Crippen LogP contribution in [0.5, 0.6) is 5.75 Å². The first-order valence-corrected chi connectivity index (χ1v) is 5.82. The van der Waals surface area contributed by atoms with E-state index in [9.17, 15) is 4.79 Å². The smallest absolute Gasteiger partial charge is 0.261 e. The van der Waals surface area contributed by atoms with Crippen molar-refractivity contribution in [3.05, 3.63) is 36.7 Å². The first-order valence-electron chi connectivity index (χ1n) is 5.82. The molecule has 0 bridgehead atoms. The summed E-state index contributed by atoms with van der Waals surface area (Å²) in [6.45, 7) is 6.37. The molecule has 0 fully saturated rings. The summed E-state index contributed by atoms with van der Waals surface area (Å²) in [5.74, 6) is 0.408. The minimum atomic E-state index is -0.554. The monoisotopic (exact) mass is 249 g/mol. The molecule has 1 aromatic heterocycles. The molecule has 0 aliphatic heterocycles. The average Bonchev–Trinajstić information content (AvgIpc) is 2.38. The van der Waals surface area contributed by atoms with Crippen LogP contribution in [-0.2, 0) is 11.3 Å². The van der Waals surface area contributed by atoms with Crippen LogP contribution in [0.25, 0.3) is 0 Å². The second-order valence-electron chi connectivity index (χ2n) is 3.81. The predicted molar refractivity (Wildman–Crippen MR) is 70.3 cm³/mol. The van der Waals surface area contributed by atoms with Crippen LogP contribution in [-0.4, -0.2) is 30.6 Å². The van der Waals surface area contributed by atoms with Crippen LogP contribution in [0.15, 0.2) is 31.0 Å². The third-order valence-electron chi connectivity index (χ3n) is 2.26. The van der Waals surface area contributed by atoms with E-state index in [1.165, 1.54) is 0 Å². The lowest BCUT2D eigenvalue weighted by molar-refractivity contribution is -0.127. The molecule has 5 heteroatoms. The highest BCUT2D eigenvalue weighted by molar-refractivity contribution is 5.80. The van der Waals surface area contributed by atoms with Crippen molar-refractivity contribution in [3.63, 3.8) is 0 Å². The van der Waals surface area contributed by atoms with Gasteiger partial charge < -0.3 is 15.4 Å². The van der Waals surface area contributed by atoms with Gasteiger partial charge in [-0.3, -0.25) is 9.78 Å². The van der Waals surface area contributed by atoms with Crippen LogP contribution in [0.4, 0.5) is 0 Å². The summed E-state index contributed by atoms with van der Waals surface area (Å²) in [6.07, 6.45) is 2.68. The average molecular weight is 249 g/mol. The number of carbonyl (C=O) groups is 1. The summed E-state index contributed by atoms with van der Waals surface area (Å²) in [4.78, 5) is 15.8. The lowest BCUT2D eigenvalue weighted by Gasteiger charge is -2.13. The van der Waals surface area contributed by atoms with Gasteiger partial charge in [0.1, 0.15) is 5.75 Å². The second kappa shape index (κ2) is 7.45. The van der Waals surface area contributed by atoms with Crippen molar-refractivity contribution in [3.8, 4) is 5.75 Å². The number of hydrogen-bond acceptors (Lipinski definition) is 4. The van der Waals surface area contributed by atoms with E-state index in [0.717, 1.165) is 5.69 Å².